The first-order chi connectivity index (χ1) is 19.1. The molecule has 10 nitrogen and oxygen atoms in total. The smallest absolute Gasteiger partial charge is 0.265 e. The second-order valence-electron chi connectivity index (χ2n) is 8.49. The number of benzene rings is 3. The lowest BCUT2D eigenvalue weighted by atomic mass is 10.0. The van der Waals surface area contributed by atoms with Crippen molar-refractivity contribution in [3.8, 4) is 28.7 Å². The van der Waals surface area contributed by atoms with Crippen molar-refractivity contribution in [3.63, 3.8) is 0 Å². The first-order valence-electron chi connectivity index (χ1n) is 12.2. The van der Waals surface area contributed by atoms with Crippen LogP contribution in [-0.4, -0.2) is 56.4 Å². The predicted octanol–water partition coefficient (Wildman–Crippen LogP) is 4.85. The Balaban J connectivity index is 2.03. The summed E-state index contributed by atoms with van der Waals surface area (Å²) in [5, 5.41) is 3.19. The summed E-state index contributed by atoms with van der Waals surface area (Å²) in [5.74, 6) is 1.29. The van der Waals surface area contributed by atoms with Crippen LogP contribution in [0.4, 0.5) is 5.69 Å². The Morgan fingerprint density at radius 2 is 1.35 bits per heavy atom. The van der Waals surface area contributed by atoms with Crippen molar-refractivity contribution < 1.29 is 36.9 Å². The second-order valence-corrected chi connectivity index (χ2v) is 10.8. The molecule has 40 heavy (non-hydrogen) atoms. The Bertz CT molecular complexity index is 1450. The number of methoxy groups -OCH3 is 5. The fourth-order valence-corrected chi connectivity index (χ4v) is 5.73. The Morgan fingerprint density at radius 3 is 1.93 bits per heavy atom. The topological polar surface area (TPSA) is 113 Å². The number of rotatable bonds is 13. The van der Waals surface area contributed by atoms with Crippen molar-refractivity contribution in [2.24, 2.45) is 0 Å². The molecule has 0 radical (unpaired) electrons. The van der Waals surface area contributed by atoms with Crippen molar-refractivity contribution >= 4 is 33.2 Å². The summed E-state index contributed by atoms with van der Waals surface area (Å²) in [6, 6.07) is 13.6. The fourth-order valence-electron chi connectivity index (χ4n) is 4.12. The summed E-state index contributed by atoms with van der Waals surface area (Å²) in [6.07, 6.45) is 0.532. The molecule has 1 amide bonds. The average molecular weight is 593 g/mol. The van der Waals surface area contributed by atoms with Crippen LogP contribution in [0.3, 0.4) is 0 Å². The molecule has 12 heteroatoms. The SMILES string of the molecule is CCC(NC(=O)CN(c1cc(Cl)ccc1OC)S(=O)(=O)c1ccc(OC)c(OC)c1)c1ccc(OC)c(OC)c1. The number of amides is 1. The minimum absolute atomic E-state index is 0.0964. The number of hydrogen-bond donors (Lipinski definition) is 1. The van der Waals surface area contributed by atoms with E-state index in [9.17, 15) is 13.2 Å². The third-order valence-electron chi connectivity index (χ3n) is 6.19. The number of anilines is 1. The van der Waals surface area contributed by atoms with Gasteiger partial charge in [0, 0.05) is 11.1 Å². The number of nitrogens with one attached hydrogen (secondary N) is 1. The monoisotopic (exact) mass is 592 g/mol. The Kier molecular flexibility index (Phi) is 10.4. The van der Waals surface area contributed by atoms with Gasteiger partial charge in [0.15, 0.2) is 23.0 Å². The molecule has 0 aliphatic rings. The van der Waals surface area contributed by atoms with E-state index >= 15 is 0 Å². The lowest BCUT2D eigenvalue weighted by Gasteiger charge is -2.27. The highest BCUT2D eigenvalue weighted by Crippen LogP contribution is 2.37. The summed E-state index contributed by atoms with van der Waals surface area (Å²) in [5.41, 5.74) is 0.863. The fraction of sp³-hybridized carbons (Fsp3) is 0.321. The molecule has 0 aliphatic carbocycles. The van der Waals surface area contributed by atoms with Gasteiger partial charge in [0.2, 0.25) is 5.91 Å². The molecule has 3 rings (SSSR count). The highest BCUT2D eigenvalue weighted by atomic mass is 35.5. The molecule has 0 fully saturated rings. The van der Waals surface area contributed by atoms with Crippen molar-refractivity contribution in [1.29, 1.82) is 0 Å². The van der Waals surface area contributed by atoms with Gasteiger partial charge in [0.05, 0.1) is 52.2 Å². The van der Waals surface area contributed by atoms with Crippen LogP contribution in [0.1, 0.15) is 24.9 Å². The zero-order chi connectivity index (χ0) is 29.4. The molecule has 0 spiro atoms. The highest BCUT2D eigenvalue weighted by Gasteiger charge is 2.31. The molecule has 216 valence electrons. The quantitative estimate of drug-likeness (QED) is 0.300. The summed E-state index contributed by atoms with van der Waals surface area (Å²) in [6.45, 7) is 1.34. The van der Waals surface area contributed by atoms with Crippen LogP contribution in [0.25, 0.3) is 0 Å². The van der Waals surface area contributed by atoms with Gasteiger partial charge < -0.3 is 29.0 Å². The van der Waals surface area contributed by atoms with Gasteiger partial charge in [0.1, 0.15) is 12.3 Å². The van der Waals surface area contributed by atoms with Crippen LogP contribution in [-0.2, 0) is 14.8 Å². The average Bonchev–Trinajstić information content (AvgIpc) is 2.97. The summed E-state index contributed by atoms with van der Waals surface area (Å²) in [7, 11) is 2.99. The second kappa shape index (κ2) is 13.5. The van der Waals surface area contributed by atoms with Crippen molar-refractivity contribution in [3.05, 3.63) is 65.2 Å². The van der Waals surface area contributed by atoms with Crippen LogP contribution in [0.15, 0.2) is 59.5 Å². The van der Waals surface area contributed by atoms with E-state index in [-0.39, 0.29) is 27.1 Å². The van der Waals surface area contributed by atoms with Gasteiger partial charge in [0.25, 0.3) is 10.0 Å². The van der Waals surface area contributed by atoms with E-state index in [0.717, 1.165) is 9.87 Å². The largest absolute Gasteiger partial charge is 0.495 e. The molecule has 3 aromatic rings. The minimum Gasteiger partial charge on any atom is -0.495 e. The number of carbonyl (C=O) groups excluding carboxylic acids is 1. The third kappa shape index (κ3) is 6.65. The van der Waals surface area contributed by atoms with Crippen LogP contribution in [0, 0.1) is 0 Å². The molecular formula is C28H33ClN2O8S. The number of nitrogens with zero attached hydrogens (tertiary/aromatic N) is 1. The van der Waals surface area contributed by atoms with E-state index in [2.05, 4.69) is 5.32 Å². The van der Waals surface area contributed by atoms with Gasteiger partial charge in [-0.2, -0.15) is 0 Å². The standard InChI is InChI=1S/C28H33ClN2O8S/c1-7-21(18-8-11-24(36-3)26(14-18)38-5)30-28(32)17-31(22-15-19(29)9-12-23(22)35-2)40(33,34)20-10-13-25(37-4)27(16-20)39-6/h8-16,21H,7,17H2,1-6H3,(H,30,32). The molecule has 0 saturated carbocycles. The number of hydrogen-bond acceptors (Lipinski definition) is 8. The first-order valence-corrected chi connectivity index (χ1v) is 14.0. The maximum atomic E-state index is 14.0. The molecule has 0 aliphatic heterocycles. The van der Waals surface area contributed by atoms with Gasteiger partial charge in [-0.15, -0.1) is 0 Å². The summed E-state index contributed by atoms with van der Waals surface area (Å²) < 4.78 is 55.7. The Labute approximate surface area is 239 Å². The highest BCUT2D eigenvalue weighted by molar-refractivity contribution is 7.92. The normalized spacial score (nSPS) is 11.8. The molecule has 3 aromatic carbocycles. The van der Waals surface area contributed by atoms with E-state index in [1.54, 1.807) is 18.2 Å². The van der Waals surface area contributed by atoms with Gasteiger partial charge in [-0.25, -0.2) is 8.42 Å². The van der Waals surface area contributed by atoms with Crippen molar-refractivity contribution in [2.45, 2.75) is 24.3 Å². The van der Waals surface area contributed by atoms with Crippen molar-refractivity contribution in [2.75, 3.05) is 46.4 Å². The first kappa shape index (κ1) is 30.7. The molecule has 0 heterocycles. The number of carbonyl (C=O) groups is 1. The van der Waals surface area contributed by atoms with Gasteiger partial charge >= 0.3 is 0 Å². The van der Waals surface area contributed by atoms with E-state index < -0.39 is 28.5 Å². The molecular weight excluding hydrogens is 560 g/mol. The van der Waals surface area contributed by atoms with Crippen LogP contribution < -0.4 is 33.3 Å². The van der Waals surface area contributed by atoms with E-state index in [0.29, 0.717) is 23.7 Å². The third-order valence-corrected chi connectivity index (χ3v) is 8.18. The Morgan fingerprint density at radius 1 is 0.800 bits per heavy atom. The molecule has 1 atom stereocenters. The molecule has 1 unspecified atom stereocenters. The Hall–Kier alpha value is -3.83. The van der Waals surface area contributed by atoms with E-state index in [1.807, 2.05) is 13.0 Å². The van der Waals surface area contributed by atoms with Gasteiger partial charge in [-0.05, 0) is 54.4 Å². The molecule has 0 saturated heterocycles. The molecule has 0 bridgehead atoms. The molecule has 0 aromatic heterocycles. The van der Waals surface area contributed by atoms with Crippen LogP contribution in [0.2, 0.25) is 5.02 Å². The maximum absolute atomic E-state index is 14.0. The molecule has 1 N–H and O–H groups in total. The number of ether oxygens (including phenoxy) is 5. The minimum atomic E-state index is -4.32. The summed E-state index contributed by atoms with van der Waals surface area (Å²) in [4.78, 5) is 13.3. The zero-order valence-electron chi connectivity index (χ0n) is 23.2. The lowest BCUT2D eigenvalue weighted by Crippen LogP contribution is -2.42. The van der Waals surface area contributed by atoms with E-state index in [4.69, 9.17) is 35.3 Å². The predicted molar refractivity (Wildman–Crippen MR) is 153 cm³/mol. The zero-order valence-corrected chi connectivity index (χ0v) is 24.8. The summed E-state index contributed by atoms with van der Waals surface area (Å²) >= 11 is 6.24. The van der Waals surface area contributed by atoms with Crippen molar-refractivity contribution in [1.82, 2.24) is 5.32 Å². The maximum Gasteiger partial charge on any atom is 0.265 e. The number of sulfonamides is 1. The van der Waals surface area contributed by atoms with Gasteiger partial charge in [-0.1, -0.05) is 24.6 Å². The van der Waals surface area contributed by atoms with E-state index in [1.165, 1.54) is 65.9 Å². The number of halogens is 1. The lowest BCUT2D eigenvalue weighted by molar-refractivity contribution is -0.120. The van der Waals surface area contributed by atoms with Crippen LogP contribution >= 0.6 is 11.6 Å². The van der Waals surface area contributed by atoms with Gasteiger partial charge in [-0.3, -0.25) is 9.10 Å². The van der Waals surface area contributed by atoms with Crippen LogP contribution in [0.5, 0.6) is 28.7 Å².